The van der Waals surface area contributed by atoms with E-state index in [-0.39, 0.29) is 13.1 Å². The molecule has 0 spiro atoms. The van der Waals surface area contributed by atoms with Crippen molar-refractivity contribution in [2.75, 3.05) is 32.0 Å². The van der Waals surface area contributed by atoms with Crippen LogP contribution in [0.4, 0.5) is 23.1 Å². The van der Waals surface area contributed by atoms with E-state index in [2.05, 4.69) is 25.8 Å². The zero-order chi connectivity index (χ0) is 18.3. The van der Waals surface area contributed by atoms with Crippen molar-refractivity contribution in [3.63, 3.8) is 0 Å². The van der Waals surface area contributed by atoms with Gasteiger partial charge in [0.15, 0.2) is 5.01 Å². The number of rotatable bonds is 7. The van der Waals surface area contributed by atoms with Gasteiger partial charge >= 0.3 is 12.2 Å². The molecule has 0 atom stereocenters. The minimum atomic E-state index is -4.22. The number of hydrogen-bond acceptors (Lipinski definition) is 6. The SMILES string of the molecule is CN(CCCNC(=O)Nc1nnc(-c2ccccn2)s1)CC(F)(F)F. The number of aromatic nitrogens is 3. The maximum Gasteiger partial charge on any atom is 0.401 e. The average Bonchev–Trinajstić information content (AvgIpc) is 2.99. The molecule has 2 amide bonds. The van der Waals surface area contributed by atoms with Crippen LogP contribution in [-0.2, 0) is 0 Å². The third-order valence-corrected chi connectivity index (χ3v) is 3.84. The highest BCUT2D eigenvalue weighted by Gasteiger charge is 2.28. The second-order valence-electron chi connectivity index (χ2n) is 5.21. The van der Waals surface area contributed by atoms with Crippen molar-refractivity contribution in [3.8, 4) is 10.7 Å². The fourth-order valence-electron chi connectivity index (χ4n) is 1.94. The lowest BCUT2D eigenvalue weighted by Gasteiger charge is -2.18. The Morgan fingerprint density at radius 2 is 2.12 bits per heavy atom. The minimum Gasteiger partial charge on any atom is -0.338 e. The smallest absolute Gasteiger partial charge is 0.338 e. The summed E-state index contributed by atoms with van der Waals surface area (Å²) in [4.78, 5) is 17.0. The number of carbonyl (C=O) groups excluding carboxylic acids is 1. The van der Waals surface area contributed by atoms with E-state index in [1.54, 1.807) is 18.3 Å². The zero-order valence-corrected chi connectivity index (χ0v) is 14.2. The molecule has 0 aliphatic heterocycles. The fourth-order valence-corrected chi connectivity index (χ4v) is 2.66. The number of anilines is 1. The Morgan fingerprint density at radius 3 is 2.80 bits per heavy atom. The summed E-state index contributed by atoms with van der Waals surface area (Å²) in [5.74, 6) is 0. The van der Waals surface area contributed by atoms with E-state index in [0.717, 1.165) is 4.90 Å². The summed E-state index contributed by atoms with van der Waals surface area (Å²) in [7, 11) is 1.38. The van der Waals surface area contributed by atoms with Gasteiger partial charge in [0.05, 0.1) is 6.54 Å². The average molecular weight is 374 g/mol. The lowest BCUT2D eigenvalue weighted by Crippen LogP contribution is -2.34. The maximum absolute atomic E-state index is 12.2. The van der Waals surface area contributed by atoms with Crippen LogP contribution in [0.5, 0.6) is 0 Å². The van der Waals surface area contributed by atoms with Gasteiger partial charge in [-0.05, 0) is 32.1 Å². The van der Waals surface area contributed by atoms with E-state index in [9.17, 15) is 18.0 Å². The van der Waals surface area contributed by atoms with E-state index >= 15 is 0 Å². The molecule has 0 radical (unpaired) electrons. The van der Waals surface area contributed by atoms with Crippen LogP contribution < -0.4 is 10.6 Å². The molecule has 0 fully saturated rings. The predicted molar refractivity (Wildman–Crippen MR) is 88.3 cm³/mol. The van der Waals surface area contributed by atoms with Crippen LogP contribution in [0.3, 0.4) is 0 Å². The first kappa shape index (κ1) is 19.1. The van der Waals surface area contributed by atoms with Crippen LogP contribution in [-0.4, -0.2) is 59.0 Å². The molecule has 7 nitrogen and oxygen atoms in total. The van der Waals surface area contributed by atoms with Crippen molar-refractivity contribution < 1.29 is 18.0 Å². The highest BCUT2D eigenvalue weighted by atomic mass is 32.1. The van der Waals surface area contributed by atoms with Gasteiger partial charge < -0.3 is 5.32 Å². The number of halogens is 3. The van der Waals surface area contributed by atoms with Crippen molar-refractivity contribution in [3.05, 3.63) is 24.4 Å². The molecule has 11 heteroatoms. The Morgan fingerprint density at radius 1 is 1.32 bits per heavy atom. The number of pyridine rings is 1. The Labute approximate surface area is 146 Å². The quantitative estimate of drug-likeness (QED) is 0.728. The maximum atomic E-state index is 12.2. The van der Waals surface area contributed by atoms with Gasteiger partial charge in [0.25, 0.3) is 0 Å². The number of amides is 2. The van der Waals surface area contributed by atoms with Crippen LogP contribution in [0, 0.1) is 0 Å². The van der Waals surface area contributed by atoms with Gasteiger partial charge in [0.2, 0.25) is 5.13 Å². The number of nitrogens with one attached hydrogen (secondary N) is 2. The van der Waals surface area contributed by atoms with Gasteiger partial charge in [-0.25, -0.2) is 4.79 Å². The minimum absolute atomic E-state index is 0.225. The van der Waals surface area contributed by atoms with Gasteiger partial charge in [-0.2, -0.15) is 13.2 Å². The van der Waals surface area contributed by atoms with E-state index in [1.165, 1.54) is 18.4 Å². The second kappa shape index (κ2) is 8.72. The van der Waals surface area contributed by atoms with Crippen LogP contribution in [0.1, 0.15) is 6.42 Å². The Bertz CT molecular complexity index is 679. The fraction of sp³-hybridized carbons (Fsp3) is 0.429. The van der Waals surface area contributed by atoms with Crippen molar-refractivity contribution >= 4 is 22.5 Å². The first-order chi connectivity index (χ1) is 11.8. The number of hydrogen-bond donors (Lipinski definition) is 2. The van der Waals surface area contributed by atoms with Gasteiger partial charge in [-0.15, -0.1) is 10.2 Å². The molecule has 0 aromatic carbocycles. The van der Waals surface area contributed by atoms with Crippen LogP contribution in [0.25, 0.3) is 10.7 Å². The summed E-state index contributed by atoms with van der Waals surface area (Å²) in [6.45, 7) is -0.497. The van der Waals surface area contributed by atoms with Gasteiger partial charge in [0.1, 0.15) is 5.69 Å². The Balaban J connectivity index is 1.70. The summed E-state index contributed by atoms with van der Waals surface area (Å²) in [5.41, 5.74) is 0.654. The van der Waals surface area contributed by atoms with Gasteiger partial charge in [-0.3, -0.25) is 15.2 Å². The number of urea groups is 1. The molecule has 0 saturated heterocycles. The molecule has 2 N–H and O–H groups in total. The Hall–Kier alpha value is -2.27. The lowest BCUT2D eigenvalue weighted by atomic mass is 10.4. The first-order valence-corrected chi connectivity index (χ1v) is 8.20. The van der Waals surface area contributed by atoms with E-state index in [1.807, 2.05) is 6.07 Å². The standard InChI is InChI=1S/C14H17F3N6OS/c1-23(9-14(15,16)17)8-4-7-19-12(24)20-13-22-21-11(25-13)10-5-2-3-6-18-10/h2-3,5-6H,4,7-9H2,1H3,(H2,19,20,22,24). The second-order valence-corrected chi connectivity index (χ2v) is 6.19. The van der Waals surface area contributed by atoms with Crippen LogP contribution in [0.2, 0.25) is 0 Å². The molecule has 2 aromatic heterocycles. The highest BCUT2D eigenvalue weighted by Crippen LogP contribution is 2.24. The summed E-state index contributed by atoms with van der Waals surface area (Å²) in [6, 6.07) is 4.90. The number of alkyl halides is 3. The van der Waals surface area contributed by atoms with Crippen LogP contribution >= 0.6 is 11.3 Å². The topological polar surface area (TPSA) is 83.0 Å². The van der Waals surface area contributed by atoms with E-state index in [4.69, 9.17) is 0 Å². The summed E-state index contributed by atoms with van der Waals surface area (Å²) in [6.07, 6.45) is -2.19. The number of nitrogens with zero attached hydrogens (tertiary/aromatic N) is 4. The summed E-state index contributed by atoms with van der Waals surface area (Å²) < 4.78 is 36.5. The first-order valence-electron chi connectivity index (χ1n) is 7.38. The largest absolute Gasteiger partial charge is 0.401 e. The van der Waals surface area contributed by atoms with Gasteiger partial charge in [0, 0.05) is 12.7 Å². The third kappa shape index (κ3) is 7.01. The third-order valence-electron chi connectivity index (χ3n) is 2.98. The van der Waals surface area contributed by atoms with Crippen molar-refractivity contribution in [1.82, 2.24) is 25.4 Å². The van der Waals surface area contributed by atoms with Crippen molar-refractivity contribution in [2.24, 2.45) is 0 Å². The van der Waals surface area contributed by atoms with E-state index in [0.29, 0.717) is 22.3 Å². The molecule has 25 heavy (non-hydrogen) atoms. The Kier molecular flexibility index (Phi) is 6.65. The molecule has 0 bridgehead atoms. The molecular formula is C14H17F3N6OS. The predicted octanol–water partition coefficient (Wildman–Crippen LogP) is 2.61. The molecule has 2 aromatic rings. The molecule has 0 aliphatic carbocycles. The molecule has 0 unspecified atom stereocenters. The highest BCUT2D eigenvalue weighted by molar-refractivity contribution is 7.18. The lowest BCUT2D eigenvalue weighted by molar-refractivity contribution is -0.143. The molecule has 136 valence electrons. The normalized spacial score (nSPS) is 11.6. The van der Waals surface area contributed by atoms with E-state index < -0.39 is 18.8 Å². The van der Waals surface area contributed by atoms with Crippen molar-refractivity contribution in [2.45, 2.75) is 12.6 Å². The molecule has 2 rings (SSSR count). The zero-order valence-electron chi connectivity index (χ0n) is 13.4. The summed E-state index contributed by atoms with van der Waals surface area (Å²) >= 11 is 1.17. The molecular weight excluding hydrogens is 357 g/mol. The number of carbonyl (C=O) groups is 1. The molecule has 0 aliphatic rings. The monoisotopic (exact) mass is 374 g/mol. The van der Waals surface area contributed by atoms with Crippen molar-refractivity contribution in [1.29, 1.82) is 0 Å². The molecule has 2 heterocycles. The van der Waals surface area contributed by atoms with Crippen LogP contribution in [0.15, 0.2) is 24.4 Å². The summed E-state index contributed by atoms with van der Waals surface area (Å²) in [5, 5.41) is 13.8. The molecule has 0 saturated carbocycles. The van der Waals surface area contributed by atoms with Gasteiger partial charge in [-0.1, -0.05) is 17.4 Å².